The standard InChI is InChI=1S/C22H21F3N6O/c23-22(24,25)19-7-9-31(29-19)21-10-14(6-8-26-21)18-12-27-20-5-4-16(13-30(18)20)28-15-2-1-3-17(32)11-15/h4-10,12-13,15,17,28,32H,1-3,11H2. The van der Waals surface area contributed by atoms with Gasteiger partial charge in [0.15, 0.2) is 11.5 Å². The summed E-state index contributed by atoms with van der Waals surface area (Å²) in [5.74, 6) is 0.276. The Labute approximate surface area is 181 Å². The predicted octanol–water partition coefficient (Wildman–Crippen LogP) is 4.32. The van der Waals surface area contributed by atoms with Gasteiger partial charge in [0.25, 0.3) is 0 Å². The number of nitrogens with one attached hydrogen (secondary N) is 1. The van der Waals surface area contributed by atoms with Crippen molar-refractivity contribution in [3.63, 3.8) is 0 Å². The molecule has 1 saturated carbocycles. The highest BCUT2D eigenvalue weighted by atomic mass is 19.4. The van der Waals surface area contributed by atoms with E-state index < -0.39 is 11.9 Å². The first kappa shape index (κ1) is 20.5. The molecule has 32 heavy (non-hydrogen) atoms. The molecule has 0 radical (unpaired) electrons. The Morgan fingerprint density at radius 3 is 2.75 bits per heavy atom. The lowest BCUT2D eigenvalue weighted by Gasteiger charge is -2.27. The fourth-order valence-electron chi connectivity index (χ4n) is 4.12. The summed E-state index contributed by atoms with van der Waals surface area (Å²) in [6, 6.07) is 8.43. The summed E-state index contributed by atoms with van der Waals surface area (Å²) in [4.78, 5) is 8.60. The van der Waals surface area contributed by atoms with Crippen LogP contribution in [0.15, 0.2) is 55.1 Å². The second-order valence-electron chi connectivity index (χ2n) is 8.00. The Bertz CT molecular complexity index is 1250. The number of imidazole rings is 1. The van der Waals surface area contributed by atoms with Gasteiger partial charge in [0.05, 0.1) is 23.7 Å². The molecule has 4 aromatic rings. The van der Waals surface area contributed by atoms with Gasteiger partial charge in [0, 0.05) is 30.2 Å². The van der Waals surface area contributed by atoms with Gasteiger partial charge in [-0.25, -0.2) is 14.6 Å². The first-order chi connectivity index (χ1) is 15.4. The molecular formula is C22H21F3N6O. The molecule has 166 valence electrons. The van der Waals surface area contributed by atoms with Crippen LogP contribution in [0.4, 0.5) is 18.9 Å². The summed E-state index contributed by atoms with van der Waals surface area (Å²) >= 11 is 0. The Hall–Kier alpha value is -3.40. The fourth-order valence-corrected chi connectivity index (χ4v) is 4.12. The largest absolute Gasteiger partial charge is 0.435 e. The van der Waals surface area contributed by atoms with Crippen LogP contribution in [0.1, 0.15) is 31.4 Å². The normalized spacial score (nSPS) is 19.4. The Morgan fingerprint density at radius 2 is 1.97 bits per heavy atom. The van der Waals surface area contributed by atoms with E-state index in [-0.39, 0.29) is 18.0 Å². The molecule has 0 aromatic carbocycles. The zero-order valence-electron chi connectivity index (χ0n) is 17.0. The number of hydrogen-bond donors (Lipinski definition) is 2. The van der Waals surface area contributed by atoms with Crippen molar-refractivity contribution in [2.75, 3.05) is 5.32 Å². The Morgan fingerprint density at radius 1 is 1.09 bits per heavy atom. The van der Waals surface area contributed by atoms with Crippen LogP contribution >= 0.6 is 0 Å². The minimum absolute atomic E-state index is 0.207. The summed E-state index contributed by atoms with van der Waals surface area (Å²) in [6.45, 7) is 0. The molecule has 0 bridgehead atoms. The van der Waals surface area contributed by atoms with Gasteiger partial charge in [-0.15, -0.1) is 0 Å². The number of aliphatic hydroxyl groups is 1. The van der Waals surface area contributed by atoms with Crippen LogP contribution in [0, 0.1) is 0 Å². The second kappa shape index (κ2) is 7.94. The molecule has 10 heteroatoms. The van der Waals surface area contributed by atoms with Crippen molar-refractivity contribution in [3.05, 3.63) is 60.8 Å². The summed E-state index contributed by atoms with van der Waals surface area (Å²) < 4.78 is 41.7. The summed E-state index contributed by atoms with van der Waals surface area (Å²) in [5, 5.41) is 17.0. The molecule has 4 aromatic heterocycles. The van der Waals surface area contributed by atoms with E-state index in [1.807, 2.05) is 22.7 Å². The second-order valence-corrected chi connectivity index (χ2v) is 8.00. The number of fused-ring (bicyclic) bond motifs is 1. The van der Waals surface area contributed by atoms with Gasteiger partial charge in [-0.1, -0.05) is 0 Å². The molecule has 7 nitrogen and oxygen atoms in total. The Kier molecular flexibility index (Phi) is 5.09. The third-order valence-corrected chi connectivity index (χ3v) is 5.68. The highest BCUT2D eigenvalue weighted by Gasteiger charge is 2.33. The van der Waals surface area contributed by atoms with Crippen molar-refractivity contribution in [3.8, 4) is 17.1 Å². The first-order valence-electron chi connectivity index (χ1n) is 10.4. The first-order valence-corrected chi connectivity index (χ1v) is 10.4. The lowest BCUT2D eigenvalue weighted by atomic mass is 9.93. The van der Waals surface area contributed by atoms with Crippen molar-refractivity contribution >= 4 is 11.3 Å². The van der Waals surface area contributed by atoms with Gasteiger partial charge in [-0.2, -0.15) is 18.3 Å². The van der Waals surface area contributed by atoms with Crippen LogP contribution in [-0.4, -0.2) is 41.4 Å². The third-order valence-electron chi connectivity index (χ3n) is 5.68. The maximum atomic E-state index is 12.9. The van der Waals surface area contributed by atoms with Gasteiger partial charge < -0.3 is 10.4 Å². The molecule has 1 fully saturated rings. The molecule has 1 aliphatic carbocycles. The van der Waals surface area contributed by atoms with E-state index in [2.05, 4.69) is 20.4 Å². The van der Waals surface area contributed by atoms with E-state index in [1.165, 1.54) is 12.4 Å². The van der Waals surface area contributed by atoms with Crippen molar-refractivity contribution in [2.24, 2.45) is 0 Å². The smallest absolute Gasteiger partial charge is 0.393 e. The summed E-state index contributed by atoms with van der Waals surface area (Å²) in [7, 11) is 0. The Balaban J connectivity index is 1.45. The summed E-state index contributed by atoms with van der Waals surface area (Å²) in [5.41, 5.74) is 2.21. The minimum Gasteiger partial charge on any atom is -0.393 e. The average molecular weight is 442 g/mol. The van der Waals surface area contributed by atoms with E-state index in [0.29, 0.717) is 6.42 Å². The third kappa shape index (κ3) is 4.05. The molecule has 1 aliphatic rings. The number of pyridine rings is 2. The molecule has 0 spiro atoms. The highest BCUT2D eigenvalue weighted by molar-refractivity contribution is 5.66. The van der Waals surface area contributed by atoms with Gasteiger partial charge in [0.2, 0.25) is 0 Å². The van der Waals surface area contributed by atoms with Crippen LogP contribution in [0.5, 0.6) is 0 Å². The summed E-state index contributed by atoms with van der Waals surface area (Å²) in [6.07, 6.45) is 5.19. The van der Waals surface area contributed by atoms with Crippen LogP contribution in [0.2, 0.25) is 0 Å². The number of rotatable bonds is 4. The van der Waals surface area contributed by atoms with Crippen LogP contribution < -0.4 is 5.32 Å². The van der Waals surface area contributed by atoms with Gasteiger partial charge in [0.1, 0.15) is 5.65 Å². The maximum Gasteiger partial charge on any atom is 0.435 e. The van der Waals surface area contributed by atoms with Crippen molar-refractivity contribution in [1.82, 2.24) is 24.1 Å². The molecule has 2 unspecified atom stereocenters. The van der Waals surface area contributed by atoms with E-state index in [0.717, 1.165) is 52.6 Å². The zero-order chi connectivity index (χ0) is 22.3. The van der Waals surface area contributed by atoms with E-state index in [4.69, 9.17) is 0 Å². The van der Waals surface area contributed by atoms with Crippen LogP contribution in [0.25, 0.3) is 22.7 Å². The number of anilines is 1. The van der Waals surface area contributed by atoms with E-state index >= 15 is 0 Å². The molecule has 0 aliphatic heterocycles. The molecule has 2 N–H and O–H groups in total. The molecule has 5 rings (SSSR count). The average Bonchev–Trinajstić information content (AvgIpc) is 3.41. The lowest BCUT2D eigenvalue weighted by Crippen LogP contribution is -2.29. The number of alkyl halides is 3. The number of halogens is 3. The number of aliphatic hydroxyl groups excluding tert-OH is 1. The van der Waals surface area contributed by atoms with E-state index in [9.17, 15) is 18.3 Å². The molecule has 0 amide bonds. The molecule has 2 atom stereocenters. The molecule has 4 heterocycles. The predicted molar refractivity (Wildman–Crippen MR) is 112 cm³/mol. The van der Waals surface area contributed by atoms with Gasteiger partial charge >= 0.3 is 6.18 Å². The fraction of sp³-hybridized carbons (Fsp3) is 0.318. The van der Waals surface area contributed by atoms with Gasteiger partial charge in [-0.05, 0) is 56.0 Å². The van der Waals surface area contributed by atoms with Crippen molar-refractivity contribution < 1.29 is 18.3 Å². The zero-order valence-corrected chi connectivity index (χ0v) is 17.0. The monoisotopic (exact) mass is 442 g/mol. The topological polar surface area (TPSA) is 80.3 Å². The molecular weight excluding hydrogens is 421 g/mol. The molecule has 0 saturated heterocycles. The number of aromatic nitrogens is 5. The van der Waals surface area contributed by atoms with Crippen molar-refractivity contribution in [1.29, 1.82) is 0 Å². The van der Waals surface area contributed by atoms with Crippen LogP contribution in [0.3, 0.4) is 0 Å². The van der Waals surface area contributed by atoms with E-state index in [1.54, 1.807) is 18.3 Å². The lowest BCUT2D eigenvalue weighted by molar-refractivity contribution is -0.141. The SMILES string of the molecule is OC1CCCC(Nc2ccc3ncc(-c4ccnc(-n5ccc(C(F)(F)F)n5)c4)n3c2)C1. The van der Waals surface area contributed by atoms with Crippen LogP contribution in [-0.2, 0) is 6.18 Å². The number of nitrogens with zero attached hydrogens (tertiary/aromatic N) is 5. The quantitative estimate of drug-likeness (QED) is 0.492. The highest BCUT2D eigenvalue weighted by Crippen LogP contribution is 2.29. The van der Waals surface area contributed by atoms with Crippen molar-refractivity contribution in [2.45, 2.75) is 44.0 Å². The minimum atomic E-state index is -4.51. The maximum absolute atomic E-state index is 12.9. The number of hydrogen-bond acceptors (Lipinski definition) is 5. The van der Waals surface area contributed by atoms with Gasteiger partial charge in [-0.3, -0.25) is 4.40 Å².